The van der Waals surface area contributed by atoms with Crippen molar-refractivity contribution >= 4 is 6.03 Å². The molecule has 3 N–H and O–H groups in total. The summed E-state index contributed by atoms with van der Waals surface area (Å²) in [4.78, 5) is 11.9. The van der Waals surface area contributed by atoms with E-state index in [1.807, 2.05) is 26.8 Å². The summed E-state index contributed by atoms with van der Waals surface area (Å²) in [6, 6.07) is 5.36. The molecule has 1 aromatic carbocycles. The number of hydrogen-bond acceptors (Lipinski definition) is 3. The highest BCUT2D eigenvalue weighted by Crippen LogP contribution is 2.21. The minimum absolute atomic E-state index is 0.0214. The first-order chi connectivity index (χ1) is 10.3. The van der Waals surface area contributed by atoms with Gasteiger partial charge < -0.3 is 15.7 Å². The number of nitrogens with zero attached hydrogens (tertiary/aromatic N) is 1. The fourth-order valence-electron chi connectivity index (χ4n) is 2.00. The fourth-order valence-corrected chi connectivity index (χ4v) is 2.00. The van der Waals surface area contributed by atoms with Crippen LogP contribution in [-0.2, 0) is 6.54 Å². The predicted molar refractivity (Wildman–Crippen MR) is 81.4 cm³/mol. The first-order valence-electron chi connectivity index (χ1n) is 7.11. The Kier molecular flexibility index (Phi) is 6.32. The van der Waals surface area contributed by atoms with Crippen LogP contribution >= 0.6 is 0 Å². The van der Waals surface area contributed by atoms with Crippen LogP contribution in [-0.4, -0.2) is 23.8 Å². The molecule has 22 heavy (non-hydrogen) atoms. The Labute approximate surface area is 130 Å². The number of nitriles is 1. The molecule has 0 spiro atoms. The van der Waals surface area contributed by atoms with Gasteiger partial charge in [0.2, 0.25) is 0 Å². The Balaban J connectivity index is 2.61. The number of amides is 2. The van der Waals surface area contributed by atoms with Crippen LogP contribution in [0.2, 0.25) is 0 Å². The molecule has 1 unspecified atom stereocenters. The van der Waals surface area contributed by atoms with Gasteiger partial charge in [-0.3, -0.25) is 0 Å². The number of aliphatic hydroxyl groups is 1. The van der Waals surface area contributed by atoms with E-state index in [4.69, 9.17) is 10.4 Å². The Morgan fingerprint density at radius 3 is 2.64 bits per heavy atom. The third-order valence-corrected chi connectivity index (χ3v) is 3.39. The van der Waals surface area contributed by atoms with Crippen molar-refractivity contribution in [2.45, 2.75) is 39.8 Å². The van der Waals surface area contributed by atoms with Crippen molar-refractivity contribution in [2.75, 3.05) is 6.61 Å². The predicted octanol–water partition coefficient (Wildman–Crippen LogP) is 2.29. The molecule has 0 aliphatic heterocycles. The molecule has 0 heterocycles. The van der Waals surface area contributed by atoms with Crippen molar-refractivity contribution < 1.29 is 14.3 Å². The first kappa shape index (κ1) is 17.9. The highest BCUT2D eigenvalue weighted by molar-refractivity contribution is 5.74. The lowest BCUT2D eigenvalue weighted by Gasteiger charge is -2.31. The third kappa shape index (κ3) is 5.34. The van der Waals surface area contributed by atoms with Crippen molar-refractivity contribution in [3.8, 4) is 6.07 Å². The molecule has 2 amide bonds. The molecule has 0 aromatic heterocycles. The van der Waals surface area contributed by atoms with E-state index < -0.39 is 11.8 Å². The van der Waals surface area contributed by atoms with E-state index in [9.17, 15) is 9.18 Å². The molecule has 120 valence electrons. The Hall–Kier alpha value is -2.13. The lowest BCUT2D eigenvalue weighted by molar-refractivity contribution is 0.189. The summed E-state index contributed by atoms with van der Waals surface area (Å²) < 4.78 is 13.7. The number of carbonyl (C=O) groups is 1. The molecular formula is C16H22FN3O2. The first-order valence-corrected chi connectivity index (χ1v) is 7.11. The maximum Gasteiger partial charge on any atom is 0.315 e. The fraction of sp³-hybridized carbons (Fsp3) is 0.500. The highest BCUT2D eigenvalue weighted by atomic mass is 19.1. The average Bonchev–Trinajstić information content (AvgIpc) is 2.44. The van der Waals surface area contributed by atoms with Crippen molar-refractivity contribution in [1.29, 1.82) is 5.26 Å². The van der Waals surface area contributed by atoms with E-state index in [1.165, 1.54) is 12.1 Å². The van der Waals surface area contributed by atoms with E-state index in [1.54, 1.807) is 0 Å². The van der Waals surface area contributed by atoms with Gasteiger partial charge in [0.25, 0.3) is 0 Å². The molecule has 6 heteroatoms. The van der Waals surface area contributed by atoms with Gasteiger partial charge >= 0.3 is 6.03 Å². The maximum absolute atomic E-state index is 13.7. The largest absolute Gasteiger partial charge is 0.396 e. The topological polar surface area (TPSA) is 85.2 Å². The monoisotopic (exact) mass is 307 g/mol. The van der Waals surface area contributed by atoms with E-state index in [-0.39, 0.29) is 30.2 Å². The second-order valence-electron chi connectivity index (χ2n) is 6.18. The highest BCUT2D eigenvalue weighted by Gasteiger charge is 2.25. The van der Waals surface area contributed by atoms with E-state index >= 15 is 0 Å². The second kappa shape index (κ2) is 7.76. The van der Waals surface area contributed by atoms with E-state index in [2.05, 4.69) is 10.6 Å². The molecule has 0 radical (unpaired) electrons. The number of carbonyl (C=O) groups excluding carboxylic acids is 1. The summed E-state index contributed by atoms with van der Waals surface area (Å²) in [5.41, 5.74) is 0.352. The van der Waals surface area contributed by atoms with Crippen molar-refractivity contribution in [2.24, 2.45) is 5.41 Å². The van der Waals surface area contributed by atoms with Crippen molar-refractivity contribution in [3.05, 3.63) is 35.1 Å². The standard InChI is InChI=1S/C16H22FN3O2/c1-16(2,3)14(6-7-21)20-15(22)19-10-12-5-4-11(9-18)8-13(12)17/h4-5,8,14,21H,6-7,10H2,1-3H3,(H2,19,20,22). The molecule has 1 atom stereocenters. The minimum atomic E-state index is -0.526. The Morgan fingerprint density at radius 2 is 2.14 bits per heavy atom. The van der Waals surface area contributed by atoms with Crippen LogP contribution in [0.1, 0.15) is 38.3 Å². The molecular weight excluding hydrogens is 285 g/mol. The average molecular weight is 307 g/mol. The van der Waals surface area contributed by atoms with Crippen LogP contribution in [0.5, 0.6) is 0 Å². The molecule has 1 aromatic rings. The number of rotatable bonds is 5. The number of nitrogens with one attached hydrogen (secondary N) is 2. The lowest BCUT2D eigenvalue weighted by Crippen LogP contribution is -2.48. The summed E-state index contributed by atoms with van der Waals surface area (Å²) in [5, 5.41) is 23.1. The zero-order valence-electron chi connectivity index (χ0n) is 13.1. The van der Waals surface area contributed by atoms with Gasteiger partial charge in [0, 0.05) is 24.8 Å². The van der Waals surface area contributed by atoms with Crippen LogP contribution in [0.4, 0.5) is 9.18 Å². The Bertz CT molecular complexity index is 561. The zero-order chi connectivity index (χ0) is 16.8. The summed E-state index contributed by atoms with van der Waals surface area (Å²) in [5.74, 6) is -0.526. The lowest BCUT2D eigenvalue weighted by atomic mass is 9.85. The van der Waals surface area contributed by atoms with Gasteiger partial charge in [-0.25, -0.2) is 9.18 Å². The van der Waals surface area contributed by atoms with Crippen molar-refractivity contribution in [1.82, 2.24) is 10.6 Å². The molecule has 5 nitrogen and oxygen atoms in total. The van der Waals surface area contributed by atoms with Gasteiger partial charge in [-0.1, -0.05) is 26.8 Å². The molecule has 0 fully saturated rings. The molecule has 0 saturated carbocycles. The van der Waals surface area contributed by atoms with Gasteiger partial charge in [-0.05, 0) is 24.0 Å². The number of aliphatic hydroxyl groups excluding tert-OH is 1. The molecule has 0 bridgehead atoms. The molecule has 1 rings (SSSR count). The molecule has 0 aliphatic carbocycles. The number of urea groups is 1. The van der Waals surface area contributed by atoms with E-state index in [0.717, 1.165) is 6.07 Å². The van der Waals surface area contributed by atoms with Crippen LogP contribution in [0.15, 0.2) is 18.2 Å². The van der Waals surface area contributed by atoms with Gasteiger partial charge in [0.05, 0.1) is 11.6 Å². The van der Waals surface area contributed by atoms with Crippen LogP contribution in [0.3, 0.4) is 0 Å². The second-order valence-corrected chi connectivity index (χ2v) is 6.18. The zero-order valence-corrected chi connectivity index (χ0v) is 13.1. The van der Waals surface area contributed by atoms with Crippen LogP contribution in [0.25, 0.3) is 0 Å². The maximum atomic E-state index is 13.7. The van der Waals surface area contributed by atoms with Gasteiger partial charge in [0.15, 0.2) is 0 Å². The van der Waals surface area contributed by atoms with Crippen LogP contribution < -0.4 is 10.6 Å². The number of halogens is 1. The smallest absolute Gasteiger partial charge is 0.315 e. The van der Waals surface area contributed by atoms with Gasteiger partial charge in [0.1, 0.15) is 5.82 Å². The molecule has 0 aliphatic rings. The summed E-state index contributed by atoms with van der Waals surface area (Å²) in [7, 11) is 0. The Morgan fingerprint density at radius 1 is 1.45 bits per heavy atom. The summed E-state index contributed by atoms with van der Waals surface area (Å²) >= 11 is 0. The number of hydrogen-bond donors (Lipinski definition) is 3. The van der Waals surface area contributed by atoms with Crippen LogP contribution in [0, 0.1) is 22.6 Å². The summed E-state index contributed by atoms with van der Waals surface area (Å²) in [6.45, 7) is 5.90. The quantitative estimate of drug-likeness (QED) is 0.780. The number of benzene rings is 1. The minimum Gasteiger partial charge on any atom is -0.396 e. The normalized spacial score (nSPS) is 12.4. The third-order valence-electron chi connectivity index (χ3n) is 3.39. The van der Waals surface area contributed by atoms with Gasteiger partial charge in [-0.2, -0.15) is 5.26 Å². The van der Waals surface area contributed by atoms with E-state index in [0.29, 0.717) is 12.0 Å². The molecule has 0 saturated heterocycles. The van der Waals surface area contributed by atoms with Crippen molar-refractivity contribution in [3.63, 3.8) is 0 Å². The van der Waals surface area contributed by atoms with Gasteiger partial charge in [-0.15, -0.1) is 0 Å². The summed E-state index contributed by atoms with van der Waals surface area (Å²) in [6.07, 6.45) is 0.447. The SMILES string of the molecule is CC(C)(C)C(CCO)NC(=O)NCc1ccc(C#N)cc1F.